The molecule has 0 aliphatic heterocycles. The summed E-state index contributed by atoms with van der Waals surface area (Å²) in [6.45, 7) is 0. The molecule has 21 heavy (non-hydrogen) atoms. The summed E-state index contributed by atoms with van der Waals surface area (Å²) < 4.78 is 9.11. The van der Waals surface area contributed by atoms with Crippen LogP contribution in [0.2, 0.25) is 0 Å². The zero-order chi connectivity index (χ0) is 16.0. The highest BCUT2D eigenvalue weighted by atomic mass is 16.5. The van der Waals surface area contributed by atoms with E-state index in [1.165, 1.54) is 0 Å². The Morgan fingerprint density at radius 3 is 2.38 bits per heavy atom. The standard InChI is InChI=1S/C14H16N2O5/c1-20-12(18)10(7-15)14(8-16,13(19)21-2)9-5-3-4-6-11(9)17/h9-10H,3-6H2,1-2H3. The Morgan fingerprint density at radius 1 is 1.29 bits per heavy atom. The molecule has 0 aromatic heterocycles. The summed E-state index contributed by atoms with van der Waals surface area (Å²) in [7, 11) is 2.10. The molecule has 0 bridgehead atoms. The fourth-order valence-electron chi connectivity index (χ4n) is 2.74. The van der Waals surface area contributed by atoms with Gasteiger partial charge in [0.05, 0.1) is 26.4 Å². The first-order valence-corrected chi connectivity index (χ1v) is 6.49. The highest BCUT2D eigenvalue weighted by molar-refractivity contribution is 5.96. The van der Waals surface area contributed by atoms with Crippen LogP contribution in [0.4, 0.5) is 0 Å². The third-order valence-corrected chi connectivity index (χ3v) is 3.83. The van der Waals surface area contributed by atoms with E-state index in [2.05, 4.69) is 9.47 Å². The molecule has 3 atom stereocenters. The van der Waals surface area contributed by atoms with Gasteiger partial charge in [-0.1, -0.05) is 6.42 Å². The third kappa shape index (κ3) is 2.73. The van der Waals surface area contributed by atoms with Crippen LogP contribution in [0, 0.1) is 39.9 Å². The molecule has 1 fully saturated rings. The molecule has 0 amide bonds. The molecule has 0 heterocycles. The molecule has 1 aliphatic rings. The van der Waals surface area contributed by atoms with Crippen molar-refractivity contribution < 1.29 is 23.9 Å². The first-order chi connectivity index (χ1) is 9.99. The molecule has 0 saturated heterocycles. The number of Topliss-reactive ketones (excluding diaryl/α,β-unsaturated/α-hetero) is 1. The number of hydrogen-bond acceptors (Lipinski definition) is 7. The van der Waals surface area contributed by atoms with Crippen molar-refractivity contribution in [2.75, 3.05) is 14.2 Å². The minimum Gasteiger partial charge on any atom is -0.468 e. The smallest absolute Gasteiger partial charge is 0.328 e. The molecule has 1 aliphatic carbocycles. The first kappa shape index (κ1) is 16.6. The van der Waals surface area contributed by atoms with E-state index >= 15 is 0 Å². The summed E-state index contributed by atoms with van der Waals surface area (Å²) in [5.74, 6) is -5.12. The topological polar surface area (TPSA) is 117 Å². The van der Waals surface area contributed by atoms with Gasteiger partial charge in [-0.15, -0.1) is 0 Å². The van der Waals surface area contributed by atoms with Gasteiger partial charge in [0, 0.05) is 12.3 Å². The average molecular weight is 292 g/mol. The largest absolute Gasteiger partial charge is 0.468 e. The molecule has 0 aromatic rings. The molecule has 0 radical (unpaired) electrons. The lowest BCUT2D eigenvalue weighted by Crippen LogP contribution is -2.51. The minimum absolute atomic E-state index is 0.213. The highest BCUT2D eigenvalue weighted by Crippen LogP contribution is 2.43. The monoisotopic (exact) mass is 292 g/mol. The number of carbonyl (C=O) groups excluding carboxylic acids is 3. The van der Waals surface area contributed by atoms with Crippen molar-refractivity contribution in [3.05, 3.63) is 0 Å². The van der Waals surface area contributed by atoms with Gasteiger partial charge in [0.2, 0.25) is 0 Å². The van der Waals surface area contributed by atoms with Crippen LogP contribution in [-0.4, -0.2) is 31.9 Å². The first-order valence-electron chi connectivity index (χ1n) is 6.49. The van der Waals surface area contributed by atoms with E-state index in [1.54, 1.807) is 12.1 Å². The molecule has 0 spiro atoms. The van der Waals surface area contributed by atoms with Crippen LogP contribution in [0.25, 0.3) is 0 Å². The number of esters is 2. The van der Waals surface area contributed by atoms with E-state index in [0.717, 1.165) is 14.2 Å². The Kier molecular flexibility index (Phi) is 5.43. The van der Waals surface area contributed by atoms with Gasteiger partial charge in [0.15, 0.2) is 11.3 Å². The SMILES string of the molecule is COC(=O)C(C#N)C(C#N)(C(=O)OC)C1CCCCC1=O. The van der Waals surface area contributed by atoms with Crippen molar-refractivity contribution in [1.29, 1.82) is 10.5 Å². The second-order valence-electron chi connectivity index (χ2n) is 4.82. The fourth-order valence-corrected chi connectivity index (χ4v) is 2.74. The van der Waals surface area contributed by atoms with Crippen molar-refractivity contribution in [2.24, 2.45) is 17.3 Å². The number of ether oxygens (including phenoxy) is 2. The summed E-state index contributed by atoms with van der Waals surface area (Å²) in [6.07, 6.45) is 1.77. The minimum atomic E-state index is -2.16. The second-order valence-corrected chi connectivity index (χ2v) is 4.82. The Balaban J connectivity index is 3.45. The van der Waals surface area contributed by atoms with Crippen molar-refractivity contribution in [3.8, 4) is 12.1 Å². The molecular weight excluding hydrogens is 276 g/mol. The van der Waals surface area contributed by atoms with E-state index in [-0.39, 0.29) is 18.6 Å². The van der Waals surface area contributed by atoms with E-state index in [1.807, 2.05) is 0 Å². The molecule has 7 heteroatoms. The Labute approximate surface area is 122 Å². The molecule has 1 rings (SSSR count). The highest BCUT2D eigenvalue weighted by Gasteiger charge is 2.59. The van der Waals surface area contributed by atoms with Crippen LogP contribution in [0.5, 0.6) is 0 Å². The van der Waals surface area contributed by atoms with E-state index in [4.69, 9.17) is 0 Å². The third-order valence-electron chi connectivity index (χ3n) is 3.83. The van der Waals surface area contributed by atoms with Crippen LogP contribution in [0.15, 0.2) is 0 Å². The van der Waals surface area contributed by atoms with Crippen molar-refractivity contribution in [2.45, 2.75) is 25.7 Å². The van der Waals surface area contributed by atoms with E-state index in [9.17, 15) is 24.9 Å². The van der Waals surface area contributed by atoms with Crippen molar-refractivity contribution >= 4 is 17.7 Å². The van der Waals surface area contributed by atoms with Crippen LogP contribution in [0.3, 0.4) is 0 Å². The summed E-state index contributed by atoms with van der Waals surface area (Å²) in [6, 6.07) is 3.34. The number of ketones is 1. The van der Waals surface area contributed by atoms with Crippen molar-refractivity contribution in [3.63, 3.8) is 0 Å². The number of carbonyl (C=O) groups is 3. The van der Waals surface area contributed by atoms with Gasteiger partial charge < -0.3 is 9.47 Å². The Hall–Kier alpha value is -2.41. The molecule has 7 nitrogen and oxygen atoms in total. The second kappa shape index (κ2) is 6.85. The number of rotatable bonds is 4. The summed E-state index contributed by atoms with van der Waals surface area (Å²) in [5.41, 5.74) is -2.16. The van der Waals surface area contributed by atoms with E-state index < -0.39 is 29.2 Å². The number of methoxy groups -OCH3 is 2. The normalized spacial score (nSPS) is 22.1. The van der Waals surface area contributed by atoms with Gasteiger partial charge in [-0.25, -0.2) is 0 Å². The lowest BCUT2D eigenvalue weighted by molar-refractivity contribution is -0.165. The van der Waals surface area contributed by atoms with Gasteiger partial charge in [-0.2, -0.15) is 10.5 Å². The lowest BCUT2D eigenvalue weighted by atomic mass is 9.62. The summed E-state index contributed by atoms with van der Waals surface area (Å²) in [4.78, 5) is 36.1. The summed E-state index contributed by atoms with van der Waals surface area (Å²) in [5, 5.41) is 18.8. The van der Waals surface area contributed by atoms with Crippen LogP contribution in [0.1, 0.15) is 25.7 Å². The molecule has 3 unspecified atom stereocenters. The molecular formula is C14H16N2O5. The number of hydrogen-bond donors (Lipinski definition) is 0. The predicted molar refractivity (Wildman–Crippen MR) is 68.1 cm³/mol. The van der Waals surface area contributed by atoms with Crippen LogP contribution < -0.4 is 0 Å². The van der Waals surface area contributed by atoms with Gasteiger partial charge >= 0.3 is 11.9 Å². The molecule has 112 valence electrons. The predicted octanol–water partition coefficient (Wildman–Crippen LogP) is 0.741. The zero-order valence-corrected chi connectivity index (χ0v) is 11.9. The summed E-state index contributed by atoms with van der Waals surface area (Å²) >= 11 is 0. The van der Waals surface area contributed by atoms with Crippen LogP contribution in [-0.2, 0) is 23.9 Å². The maximum Gasteiger partial charge on any atom is 0.328 e. The number of nitriles is 2. The fraction of sp³-hybridized carbons (Fsp3) is 0.643. The van der Waals surface area contributed by atoms with E-state index in [0.29, 0.717) is 12.8 Å². The van der Waals surface area contributed by atoms with Gasteiger partial charge in [0.1, 0.15) is 5.78 Å². The zero-order valence-electron chi connectivity index (χ0n) is 11.9. The lowest BCUT2D eigenvalue weighted by Gasteiger charge is -2.35. The maximum atomic E-state index is 12.2. The average Bonchev–Trinajstić information content (AvgIpc) is 2.52. The Morgan fingerprint density at radius 2 is 1.95 bits per heavy atom. The van der Waals surface area contributed by atoms with Crippen LogP contribution >= 0.6 is 0 Å². The maximum absolute atomic E-state index is 12.2. The Bertz CT molecular complexity index is 530. The van der Waals surface area contributed by atoms with Gasteiger partial charge in [-0.3, -0.25) is 14.4 Å². The molecule has 1 saturated carbocycles. The molecule has 0 N–H and O–H groups in total. The van der Waals surface area contributed by atoms with Gasteiger partial charge in [0.25, 0.3) is 0 Å². The molecule has 0 aromatic carbocycles. The van der Waals surface area contributed by atoms with Gasteiger partial charge in [-0.05, 0) is 12.8 Å². The number of nitrogens with zero attached hydrogens (tertiary/aromatic N) is 2. The van der Waals surface area contributed by atoms with Crippen molar-refractivity contribution in [1.82, 2.24) is 0 Å². The quantitative estimate of drug-likeness (QED) is 0.701.